The largest absolute Gasteiger partial charge is 0.496 e. The topological polar surface area (TPSA) is 150 Å². The highest BCUT2D eigenvalue weighted by Gasteiger charge is 2.58. The number of nitrogens with zero attached hydrogens (tertiary/aromatic N) is 1. The lowest BCUT2D eigenvalue weighted by molar-refractivity contribution is -0.145. The Labute approximate surface area is 274 Å². The molecule has 6 rings (SSSR count). The van der Waals surface area contributed by atoms with Crippen molar-refractivity contribution < 1.29 is 28.7 Å². The summed E-state index contributed by atoms with van der Waals surface area (Å²) in [5, 5.41) is 9.46. The van der Waals surface area contributed by atoms with Gasteiger partial charge in [0.15, 0.2) is 0 Å². The van der Waals surface area contributed by atoms with E-state index >= 15 is 0 Å². The van der Waals surface area contributed by atoms with Gasteiger partial charge in [-0.2, -0.15) is 0 Å². The molecule has 0 radical (unpaired) electrons. The number of amides is 4. The molecule has 1 aliphatic carbocycles. The molecule has 1 spiro atoms. The maximum Gasteiger partial charge on any atom is 0.289 e. The molecule has 11 nitrogen and oxygen atoms in total. The van der Waals surface area contributed by atoms with E-state index in [1.807, 2.05) is 44.2 Å². The second-order valence-corrected chi connectivity index (χ2v) is 13.5. The van der Waals surface area contributed by atoms with E-state index in [4.69, 9.17) is 4.74 Å². The van der Waals surface area contributed by atoms with Crippen molar-refractivity contribution in [2.24, 2.45) is 5.92 Å². The van der Waals surface area contributed by atoms with E-state index in [2.05, 4.69) is 20.9 Å². The van der Waals surface area contributed by atoms with E-state index < -0.39 is 41.0 Å². The number of ketones is 1. The zero-order valence-electron chi connectivity index (χ0n) is 27.2. The number of nitrogens with one attached hydrogen (secondary N) is 4. The Hall–Kier alpha value is -4.67. The molecule has 2 aromatic carbocycles. The summed E-state index contributed by atoms with van der Waals surface area (Å²) in [7, 11) is 1.56. The number of rotatable bonds is 10. The highest BCUT2D eigenvalue weighted by Crippen LogP contribution is 2.47. The van der Waals surface area contributed by atoms with Crippen molar-refractivity contribution in [2.75, 3.05) is 19.0 Å². The van der Waals surface area contributed by atoms with Crippen molar-refractivity contribution in [3.05, 3.63) is 59.8 Å². The van der Waals surface area contributed by atoms with Gasteiger partial charge in [-0.3, -0.25) is 24.0 Å². The highest BCUT2D eigenvalue weighted by molar-refractivity contribution is 6.38. The molecule has 2 aliphatic heterocycles. The lowest BCUT2D eigenvalue weighted by atomic mass is 9.79. The SMILES string of the molecule is COc1cccc2[nH]c(C(=O)N[C@@H](CCC(C)C)C(=O)N3C[C@]4(C[C@H]3C(=O)C(=O)NC3CCCCC3)C(=O)Nc3ccccc34)cc12. The zero-order valence-corrected chi connectivity index (χ0v) is 27.2. The molecule has 248 valence electrons. The van der Waals surface area contributed by atoms with Crippen molar-refractivity contribution in [2.45, 2.75) is 88.8 Å². The van der Waals surface area contributed by atoms with Crippen LogP contribution in [0.2, 0.25) is 0 Å². The Kier molecular flexibility index (Phi) is 9.07. The van der Waals surface area contributed by atoms with Crippen LogP contribution in [-0.4, -0.2) is 71.1 Å². The molecule has 0 bridgehead atoms. The number of benzene rings is 2. The quantitative estimate of drug-likeness (QED) is 0.244. The standard InChI is InChI=1S/C36H43N5O6/c1-21(2)16-17-27(39-32(43)28-18-23-25(38-28)14-9-15-30(23)47-3)34(45)41-20-36(24-12-7-8-13-26(24)40-35(36)46)19-29(41)31(42)33(44)37-22-10-5-4-6-11-22/h7-9,12-15,18,21-22,27,29,38H,4-6,10-11,16-17,19-20H2,1-3H3,(H,37,44)(H,39,43)(H,40,46)/t27-,29-,36-/m0/s1. The molecule has 1 saturated carbocycles. The monoisotopic (exact) mass is 641 g/mol. The van der Waals surface area contributed by atoms with E-state index in [1.165, 1.54) is 4.90 Å². The molecule has 2 fully saturated rings. The molecular weight excluding hydrogens is 598 g/mol. The van der Waals surface area contributed by atoms with Crippen molar-refractivity contribution in [1.82, 2.24) is 20.5 Å². The minimum atomic E-state index is -1.20. The van der Waals surface area contributed by atoms with E-state index in [0.29, 0.717) is 35.4 Å². The average Bonchev–Trinajstić information content (AvgIpc) is 3.77. The van der Waals surface area contributed by atoms with Crippen molar-refractivity contribution in [3.63, 3.8) is 0 Å². The first-order valence-electron chi connectivity index (χ1n) is 16.6. The molecule has 4 N–H and O–H groups in total. The molecule has 1 saturated heterocycles. The number of carbonyl (C=O) groups excluding carboxylic acids is 5. The summed E-state index contributed by atoms with van der Waals surface area (Å²) in [6, 6.07) is 12.1. The third-order valence-corrected chi connectivity index (χ3v) is 9.96. The zero-order chi connectivity index (χ0) is 33.3. The Balaban J connectivity index is 1.31. The summed E-state index contributed by atoms with van der Waals surface area (Å²) in [5.41, 5.74) is 1.09. The lowest BCUT2D eigenvalue weighted by Crippen LogP contribution is -2.54. The number of ether oxygens (including phenoxy) is 1. The van der Waals surface area contributed by atoms with E-state index in [9.17, 15) is 24.0 Å². The minimum Gasteiger partial charge on any atom is -0.496 e. The minimum absolute atomic E-state index is 0.0227. The van der Waals surface area contributed by atoms with Crippen LogP contribution in [0.3, 0.4) is 0 Å². The number of carbonyl (C=O) groups is 5. The third kappa shape index (κ3) is 6.23. The van der Waals surface area contributed by atoms with Gasteiger partial charge in [-0.1, -0.05) is 57.4 Å². The van der Waals surface area contributed by atoms with Crippen LogP contribution in [0.15, 0.2) is 48.5 Å². The summed E-state index contributed by atoms with van der Waals surface area (Å²) >= 11 is 0. The second-order valence-electron chi connectivity index (χ2n) is 13.5. The number of aromatic nitrogens is 1. The van der Waals surface area contributed by atoms with Crippen molar-refractivity contribution in [3.8, 4) is 5.75 Å². The number of hydrogen-bond acceptors (Lipinski definition) is 6. The molecule has 4 amide bonds. The van der Waals surface area contributed by atoms with Crippen molar-refractivity contribution in [1.29, 1.82) is 0 Å². The van der Waals surface area contributed by atoms with Crippen molar-refractivity contribution >= 4 is 46.0 Å². The van der Waals surface area contributed by atoms with Gasteiger partial charge in [-0.05, 0) is 67.9 Å². The Morgan fingerprint density at radius 1 is 1.02 bits per heavy atom. The van der Waals surface area contributed by atoms with Gasteiger partial charge in [0, 0.05) is 29.2 Å². The summed E-state index contributed by atoms with van der Waals surface area (Å²) in [4.78, 5) is 73.6. The molecule has 1 aromatic heterocycles. The van der Waals surface area contributed by atoms with Gasteiger partial charge < -0.3 is 30.6 Å². The number of H-pyrrole nitrogens is 1. The fourth-order valence-corrected chi connectivity index (χ4v) is 7.38. The van der Waals surface area contributed by atoms with Gasteiger partial charge in [0.05, 0.1) is 12.5 Å². The van der Waals surface area contributed by atoms with Crippen LogP contribution in [0.1, 0.15) is 81.3 Å². The summed E-state index contributed by atoms with van der Waals surface area (Å²) in [6.45, 7) is 3.97. The smallest absolute Gasteiger partial charge is 0.289 e. The van der Waals surface area contributed by atoms with Gasteiger partial charge in [-0.15, -0.1) is 0 Å². The maximum absolute atomic E-state index is 14.5. The normalized spacial score (nSPS) is 21.5. The molecule has 47 heavy (non-hydrogen) atoms. The van der Waals surface area contributed by atoms with Crippen LogP contribution in [0, 0.1) is 5.92 Å². The number of fused-ring (bicyclic) bond motifs is 3. The van der Waals surface area contributed by atoms with Crippen LogP contribution in [-0.2, 0) is 24.6 Å². The highest BCUT2D eigenvalue weighted by atomic mass is 16.5. The van der Waals surface area contributed by atoms with Gasteiger partial charge in [0.25, 0.3) is 11.8 Å². The first-order valence-corrected chi connectivity index (χ1v) is 16.6. The molecular formula is C36H43N5O6. The molecule has 3 aliphatic rings. The number of anilines is 1. The second kappa shape index (κ2) is 13.2. The van der Waals surface area contributed by atoms with Crippen LogP contribution >= 0.6 is 0 Å². The van der Waals surface area contributed by atoms with Crippen LogP contribution < -0.4 is 20.7 Å². The van der Waals surface area contributed by atoms with Gasteiger partial charge in [0.2, 0.25) is 17.6 Å². The van der Waals surface area contributed by atoms with Gasteiger partial charge in [0.1, 0.15) is 23.5 Å². The number of methoxy groups -OCH3 is 1. The average molecular weight is 642 g/mol. The number of likely N-dealkylation sites (tertiary alicyclic amines) is 1. The first-order chi connectivity index (χ1) is 22.6. The molecule has 3 heterocycles. The maximum atomic E-state index is 14.5. The molecule has 11 heteroatoms. The summed E-state index contributed by atoms with van der Waals surface area (Å²) < 4.78 is 5.44. The first kappa shape index (κ1) is 32.3. The Bertz CT molecular complexity index is 1710. The van der Waals surface area contributed by atoms with Gasteiger partial charge in [-0.25, -0.2) is 0 Å². The Morgan fingerprint density at radius 2 is 1.79 bits per heavy atom. The fourth-order valence-electron chi connectivity index (χ4n) is 7.38. The van der Waals surface area contributed by atoms with Crippen LogP contribution in [0.4, 0.5) is 5.69 Å². The molecule has 0 unspecified atom stereocenters. The third-order valence-electron chi connectivity index (χ3n) is 9.96. The van der Waals surface area contributed by atoms with E-state index in [-0.39, 0.29) is 36.5 Å². The summed E-state index contributed by atoms with van der Waals surface area (Å²) in [6.07, 6.45) is 5.57. The van der Waals surface area contributed by atoms with Crippen LogP contribution in [0.5, 0.6) is 5.75 Å². The lowest BCUT2D eigenvalue weighted by Gasteiger charge is -2.29. The number of hydrogen-bond donors (Lipinski definition) is 4. The fraction of sp³-hybridized carbons (Fsp3) is 0.472. The number of aromatic amines is 1. The predicted octanol–water partition coefficient (Wildman–Crippen LogP) is 4.22. The predicted molar refractivity (Wildman–Crippen MR) is 177 cm³/mol. The van der Waals surface area contributed by atoms with E-state index in [1.54, 1.807) is 25.3 Å². The number of para-hydroxylation sites is 1. The Morgan fingerprint density at radius 3 is 2.53 bits per heavy atom. The van der Waals surface area contributed by atoms with Crippen LogP contribution in [0.25, 0.3) is 10.9 Å². The van der Waals surface area contributed by atoms with E-state index in [0.717, 1.165) is 37.5 Å². The number of Topliss-reactive ketones (excluding diaryl/α,β-unsaturated/α-hetero) is 1. The molecule has 3 atom stereocenters. The van der Waals surface area contributed by atoms with Gasteiger partial charge >= 0.3 is 0 Å². The molecule has 3 aromatic rings. The summed E-state index contributed by atoms with van der Waals surface area (Å²) in [5.74, 6) is -1.93.